The van der Waals surface area contributed by atoms with E-state index < -0.39 is 24.3 Å². The van der Waals surface area contributed by atoms with Crippen LogP contribution in [0.15, 0.2) is 18.2 Å². The average Bonchev–Trinajstić information content (AvgIpc) is 3.12. The normalized spacial score (nSPS) is 21.2. The first kappa shape index (κ1) is 27.6. The van der Waals surface area contributed by atoms with Crippen molar-refractivity contribution in [2.75, 3.05) is 19.6 Å². The fourth-order valence-electron chi connectivity index (χ4n) is 3.50. The third-order valence-corrected chi connectivity index (χ3v) is 5.00. The summed E-state index contributed by atoms with van der Waals surface area (Å²) in [6.45, 7) is 6.67. The molecule has 3 rings (SSSR count). The van der Waals surface area contributed by atoms with E-state index in [1.807, 2.05) is 0 Å². The van der Waals surface area contributed by atoms with Crippen molar-refractivity contribution in [3.63, 3.8) is 0 Å². The number of aromatic nitrogens is 1. The second-order valence-electron chi connectivity index (χ2n) is 7.41. The van der Waals surface area contributed by atoms with Gasteiger partial charge in [0.15, 0.2) is 0 Å². The van der Waals surface area contributed by atoms with Crippen LogP contribution in [0.5, 0.6) is 0 Å². The van der Waals surface area contributed by atoms with E-state index in [1.165, 1.54) is 51.0 Å². The minimum absolute atomic E-state index is 0.420. The van der Waals surface area contributed by atoms with Crippen molar-refractivity contribution < 1.29 is 46.1 Å². The fourth-order valence-corrected chi connectivity index (χ4v) is 3.50. The van der Waals surface area contributed by atoms with E-state index in [-0.39, 0.29) is 0 Å². The van der Waals surface area contributed by atoms with Gasteiger partial charge in [-0.15, -0.1) is 0 Å². The van der Waals surface area contributed by atoms with Gasteiger partial charge in [0.1, 0.15) is 0 Å². The number of hydrogen-bond acceptors (Lipinski definition) is 5. The Hall–Kier alpha value is -2.41. The number of carboxylic acid groups (broad SMARTS) is 2. The smallest absolute Gasteiger partial charge is 0.475 e. The van der Waals surface area contributed by atoms with Gasteiger partial charge >= 0.3 is 24.3 Å². The van der Waals surface area contributed by atoms with Crippen LogP contribution in [0.4, 0.5) is 26.3 Å². The van der Waals surface area contributed by atoms with Crippen molar-refractivity contribution in [2.45, 2.75) is 57.0 Å². The maximum Gasteiger partial charge on any atom is 0.490 e. The number of aryl methyl sites for hydroxylation is 1. The van der Waals surface area contributed by atoms with Crippen molar-refractivity contribution in [3.8, 4) is 0 Å². The number of likely N-dealkylation sites (tertiary alicyclic amines) is 1. The van der Waals surface area contributed by atoms with Crippen molar-refractivity contribution in [1.29, 1.82) is 0 Å². The number of pyridine rings is 1. The molecule has 3 heterocycles. The predicted octanol–water partition coefficient (Wildman–Crippen LogP) is 3.37. The largest absolute Gasteiger partial charge is 0.490 e. The summed E-state index contributed by atoms with van der Waals surface area (Å²) in [7, 11) is 0. The van der Waals surface area contributed by atoms with E-state index in [0.717, 1.165) is 12.2 Å². The number of halogens is 6. The lowest BCUT2D eigenvalue weighted by Crippen LogP contribution is -2.52. The van der Waals surface area contributed by atoms with Crippen LogP contribution in [0, 0.1) is 6.92 Å². The number of carbonyl (C=O) groups is 2. The number of rotatable bonds is 2. The van der Waals surface area contributed by atoms with Crippen molar-refractivity contribution in [2.24, 2.45) is 0 Å². The molecule has 0 aliphatic carbocycles. The quantitative estimate of drug-likeness (QED) is 0.566. The summed E-state index contributed by atoms with van der Waals surface area (Å²) >= 11 is 0. The molecule has 0 bridgehead atoms. The molecule has 0 aromatic carbocycles. The Kier molecular flexibility index (Phi) is 9.89. The molecule has 7 nitrogen and oxygen atoms in total. The van der Waals surface area contributed by atoms with Gasteiger partial charge in [0.25, 0.3) is 0 Å². The van der Waals surface area contributed by atoms with E-state index in [2.05, 4.69) is 40.3 Å². The van der Waals surface area contributed by atoms with E-state index in [9.17, 15) is 26.3 Å². The van der Waals surface area contributed by atoms with Gasteiger partial charge < -0.3 is 15.5 Å². The number of aliphatic carboxylic acids is 2. The molecule has 2 fully saturated rings. The van der Waals surface area contributed by atoms with E-state index in [0.29, 0.717) is 5.54 Å². The summed E-state index contributed by atoms with van der Waals surface area (Å²) in [6.07, 6.45) is -4.78. The summed E-state index contributed by atoms with van der Waals surface area (Å²) in [4.78, 5) is 25.1. The van der Waals surface area contributed by atoms with Crippen LogP contribution < -0.4 is 5.32 Å². The molecular formula is C19H25F6N3O4. The molecule has 1 aromatic rings. The first-order valence-electron chi connectivity index (χ1n) is 9.66. The van der Waals surface area contributed by atoms with Gasteiger partial charge in [-0.1, -0.05) is 12.5 Å². The van der Waals surface area contributed by atoms with E-state index in [4.69, 9.17) is 19.8 Å². The van der Waals surface area contributed by atoms with Gasteiger partial charge in [0.2, 0.25) is 0 Å². The minimum atomic E-state index is -5.08. The highest BCUT2D eigenvalue weighted by atomic mass is 19.4. The number of alkyl halides is 6. The molecule has 0 radical (unpaired) electrons. The minimum Gasteiger partial charge on any atom is -0.475 e. The van der Waals surface area contributed by atoms with Crippen LogP contribution in [0.2, 0.25) is 0 Å². The summed E-state index contributed by atoms with van der Waals surface area (Å²) in [5.41, 5.74) is 2.77. The van der Waals surface area contributed by atoms with Crippen LogP contribution in [-0.4, -0.2) is 69.6 Å². The Bertz CT molecular complexity index is 740. The first-order chi connectivity index (χ1) is 14.7. The third kappa shape index (κ3) is 8.99. The molecule has 1 atom stereocenters. The summed E-state index contributed by atoms with van der Waals surface area (Å²) in [5, 5.41) is 17.8. The van der Waals surface area contributed by atoms with Crippen LogP contribution >= 0.6 is 0 Å². The third-order valence-electron chi connectivity index (χ3n) is 5.00. The van der Waals surface area contributed by atoms with Crippen molar-refractivity contribution in [1.82, 2.24) is 15.2 Å². The number of piperidine rings is 1. The SMILES string of the molecule is Cc1cccc(CN2CCCCC23CCNC3)n1.O=C(O)C(F)(F)F.O=C(O)C(F)(F)F. The van der Waals surface area contributed by atoms with E-state index >= 15 is 0 Å². The Balaban J connectivity index is 0.000000305. The molecule has 1 spiro atoms. The first-order valence-corrected chi connectivity index (χ1v) is 9.66. The molecule has 1 unspecified atom stereocenters. The Labute approximate surface area is 180 Å². The number of carboxylic acids is 2. The van der Waals surface area contributed by atoms with Crippen LogP contribution in [0.25, 0.3) is 0 Å². The number of hydrogen-bond donors (Lipinski definition) is 3. The van der Waals surface area contributed by atoms with Gasteiger partial charge in [-0.2, -0.15) is 26.3 Å². The molecule has 0 saturated carbocycles. The molecule has 32 heavy (non-hydrogen) atoms. The van der Waals surface area contributed by atoms with Crippen molar-refractivity contribution in [3.05, 3.63) is 29.6 Å². The lowest BCUT2D eigenvalue weighted by molar-refractivity contribution is -0.193. The second kappa shape index (κ2) is 11.5. The lowest BCUT2D eigenvalue weighted by Gasteiger charge is -2.44. The number of nitrogens with one attached hydrogen (secondary N) is 1. The highest BCUT2D eigenvalue weighted by Crippen LogP contribution is 2.34. The number of nitrogens with zero attached hydrogens (tertiary/aromatic N) is 2. The van der Waals surface area contributed by atoms with Gasteiger partial charge in [0, 0.05) is 24.3 Å². The van der Waals surface area contributed by atoms with Crippen LogP contribution in [-0.2, 0) is 16.1 Å². The maximum absolute atomic E-state index is 10.6. The highest BCUT2D eigenvalue weighted by molar-refractivity contribution is 5.73. The van der Waals surface area contributed by atoms with Gasteiger partial charge in [-0.3, -0.25) is 9.88 Å². The Morgan fingerprint density at radius 1 is 1.06 bits per heavy atom. The van der Waals surface area contributed by atoms with Gasteiger partial charge in [-0.25, -0.2) is 9.59 Å². The molecule has 2 aliphatic rings. The molecule has 13 heteroatoms. The summed E-state index contributed by atoms with van der Waals surface area (Å²) in [6, 6.07) is 6.37. The zero-order valence-corrected chi connectivity index (χ0v) is 17.3. The summed E-state index contributed by atoms with van der Waals surface area (Å²) < 4.78 is 63.5. The monoisotopic (exact) mass is 473 g/mol. The molecule has 2 saturated heterocycles. The lowest BCUT2D eigenvalue weighted by atomic mass is 9.85. The molecule has 3 N–H and O–H groups in total. The average molecular weight is 473 g/mol. The fraction of sp³-hybridized carbons (Fsp3) is 0.632. The Morgan fingerprint density at radius 3 is 2.06 bits per heavy atom. The zero-order valence-electron chi connectivity index (χ0n) is 17.3. The van der Waals surface area contributed by atoms with Crippen LogP contribution in [0.1, 0.15) is 37.1 Å². The Morgan fingerprint density at radius 2 is 1.62 bits per heavy atom. The highest BCUT2D eigenvalue weighted by Gasteiger charge is 2.41. The molecular weight excluding hydrogens is 448 g/mol. The molecule has 182 valence electrons. The predicted molar refractivity (Wildman–Crippen MR) is 101 cm³/mol. The van der Waals surface area contributed by atoms with E-state index in [1.54, 1.807) is 0 Å². The molecule has 2 aliphatic heterocycles. The zero-order chi connectivity index (χ0) is 24.6. The standard InChI is InChI=1S/C15H23N3.2C2HF3O2/c1-13-5-4-6-14(17-13)11-18-10-3-2-7-15(18)8-9-16-12-15;2*3-2(4,5)1(6)7/h4-6,16H,2-3,7-12H2,1H3;2*(H,6,7). The topological polar surface area (TPSA) is 103 Å². The van der Waals surface area contributed by atoms with Gasteiger partial charge in [-0.05, 0) is 51.4 Å². The molecule has 0 amide bonds. The second-order valence-corrected chi connectivity index (χ2v) is 7.41. The summed E-state index contributed by atoms with van der Waals surface area (Å²) in [5.74, 6) is -5.51. The van der Waals surface area contributed by atoms with Gasteiger partial charge in [0.05, 0.1) is 5.69 Å². The maximum atomic E-state index is 10.6. The van der Waals surface area contributed by atoms with Crippen LogP contribution in [0.3, 0.4) is 0 Å². The van der Waals surface area contributed by atoms with Crippen molar-refractivity contribution >= 4 is 11.9 Å². The molecule has 1 aromatic heterocycles.